The lowest BCUT2D eigenvalue weighted by Crippen LogP contribution is -2.48. The molecule has 0 saturated carbocycles. The van der Waals surface area contributed by atoms with Crippen LogP contribution in [0.25, 0.3) is 0 Å². The minimum absolute atomic E-state index is 0.313. The summed E-state index contributed by atoms with van der Waals surface area (Å²) in [5, 5.41) is 0. The van der Waals surface area contributed by atoms with E-state index < -0.39 is 0 Å². The number of amides is 1. The highest BCUT2D eigenvalue weighted by Crippen LogP contribution is 2.11. The summed E-state index contributed by atoms with van der Waals surface area (Å²) in [6.07, 6.45) is 4.62. The lowest BCUT2D eigenvalue weighted by molar-refractivity contribution is -0.133. The van der Waals surface area contributed by atoms with Crippen LogP contribution in [0, 0.1) is 0 Å². The zero-order chi connectivity index (χ0) is 14.4. The predicted octanol–water partition coefficient (Wildman–Crippen LogP) is 2.68. The van der Waals surface area contributed by atoms with Crippen LogP contribution in [-0.4, -0.2) is 46.9 Å². The van der Waals surface area contributed by atoms with E-state index in [0.717, 1.165) is 55.7 Å². The summed E-state index contributed by atoms with van der Waals surface area (Å²) in [6, 6.07) is 4.07. The fraction of sp³-hybridized carbons (Fsp3) is 0.600. The maximum atomic E-state index is 11.9. The third-order valence-electron chi connectivity index (χ3n) is 3.64. The Morgan fingerprint density at radius 3 is 2.65 bits per heavy atom. The lowest BCUT2D eigenvalue weighted by Gasteiger charge is -2.34. The Hall–Kier alpha value is -0.940. The van der Waals surface area contributed by atoms with Crippen LogP contribution in [0.15, 0.2) is 22.8 Å². The van der Waals surface area contributed by atoms with Crippen molar-refractivity contribution in [2.24, 2.45) is 0 Å². The second kappa shape index (κ2) is 7.74. The Morgan fingerprint density at radius 1 is 1.30 bits per heavy atom. The SMILES string of the molecule is CCCCC(=O)N1CCN(Cc2ccc(Br)cn2)CC1. The topological polar surface area (TPSA) is 36.4 Å². The van der Waals surface area contributed by atoms with Crippen LogP contribution in [0.1, 0.15) is 31.9 Å². The number of pyridine rings is 1. The molecule has 0 N–H and O–H groups in total. The van der Waals surface area contributed by atoms with Crippen molar-refractivity contribution in [3.63, 3.8) is 0 Å². The van der Waals surface area contributed by atoms with Crippen molar-refractivity contribution in [2.45, 2.75) is 32.7 Å². The van der Waals surface area contributed by atoms with E-state index in [1.165, 1.54) is 0 Å². The van der Waals surface area contributed by atoms with Crippen molar-refractivity contribution in [1.82, 2.24) is 14.8 Å². The molecule has 0 aliphatic carbocycles. The Kier molecular flexibility index (Phi) is 5.98. The van der Waals surface area contributed by atoms with E-state index in [2.05, 4.69) is 32.7 Å². The van der Waals surface area contributed by atoms with Gasteiger partial charge >= 0.3 is 0 Å². The van der Waals surface area contributed by atoms with Crippen LogP contribution in [0.4, 0.5) is 0 Å². The molecular weight excluding hydrogens is 318 g/mol. The molecular formula is C15H22BrN3O. The third kappa shape index (κ3) is 4.56. The highest BCUT2D eigenvalue weighted by Gasteiger charge is 2.20. The van der Waals surface area contributed by atoms with Gasteiger partial charge in [-0.05, 0) is 34.5 Å². The number of aromatic nitrogens is 1. The molecule has 1 fully saturated rings. The summed E-state index contributed by atoms with van der Waals surface area (Å²) in [6.45, 7) is 6.56. The highest BCUT2D eigenvalue weighted by atomic mass is 79.9. The van der Waals surface area contributed by atoms with Crippen LogP contribution < -0.4 is 0 Å². The van der Waals surface area contributed by atoms with Crippen LogP contribution in [0.3, 0.4) is 0 Å². The van der Waals surface area contributed by atoms with Gasteiger partial charge in [-0.2, -0.15) is 0 Å². The van der Waals surface area contributed by atoms with Gasteiger partial charge in [0.25, 0.3) is 0 Å². The predicted molar refractivity (Wildman–Crippen MR) is 83.3 cm³/mol. The van der Waals surface area contributed by atoms with Crippen LogP contribution in [0.5, 0.6) is 0 Å². The first-order valence-electron chi connectivity index (χ1n) is 7.29. The fourth-order valence-electron chi connectivity index (χ4n) is 2.37. The van der Waals surface area contributed by atoms with E-state index in [1.807, 2.05) is 23.2 Å². The fourth-order valence-corrected chi connectivity index (χ4v) is 2.61. The summed E-state index contributed by atoms with van der Waals surface area (Å²) in [7, 11) is 0. The molecule has 2 heterocycles. The number of hydrogen-bond donors (Lipinski definition) is 0. The Bertz CT molecular complexity index is 427. The molecule has 1 aromatic rings. The monoisotopic (exact) mass is 339 g/mol. The van der Waals surface area contributed by atoms with E-state index >= 15 is 0 Å². The molecule has 0 aromatic carbocycles. The standard InChI is InChI=1S/C15H22BrN3O/c1-2-3-4-15(20)19-9-7-18(8-10-19)12-14-6-5-13(16)11-17-14/h5-6,11H,2-4,7-10,12H2,1H3. The summed E-state index contributed by atoms with van der Waals surface area (Å²) in [4.78, 5) is 20.7. The zero-order valence-corrected chi connectivity index (χ0v) is 13.6. The largest absolute Gasteiger partial charge is 0.340 e. The normalized spacial score (nSPS) is 16.4. The number of unbranched alkanes of at least 4 members (excludes halogenated alkanes) is 1. The maximum Gasteiger partial charge on any atom is 0.222 e. The average Bonchev–Trinajstić information content (AvgIpc) is 2.48. The second-order valence-corrected chi connectivity index (χ2v) is 6.14. The van der Waals surface area contributed by atoms with Gasteiger partial charge in [0.1, 0.15) is 0 Å². The Labute approximate surface area is 129 Å². The molecule has 1 amide bonds. The second-order valence-electron chi connectivity index (χ2n) is 5.23. The molecule has 1 aliphatic rings. The van der Waals surface area contributed by atoms with Gasteiger partial charge in [0, 0.05) is 49.8 Å². The molecule has 4 nitrogen and oxygen atoms in total. The molecule has 1 aromatic heterocycles. The van der Waals surface area contributed by atoms with Gasteiger partial charge in [-0.1, -0.05) is 13.3 Å². The molecule has 20 heavy (non-hydrogen) atoms. The minimum atomic E-state index is 0.313. The van der Waals surface area contributed by atoms with Crippen LogP contribution in [0.2, 0.25) is 0 Å². The van der Waals surface area contributed by atoms with E-state index in [0.29, 0.717) is 12.3 Å². The van der Waals surface area contributed by atoms with Crippen molar-refractivity contribution in [1.29, 1.82) is 0 Å². The molecule has 0 spiro atoms. The number of carbonyl (C=O) groups is 1. The summed E-state index contributed by atoms with van der Waals surface area (Å²) >= 11 is 3.39. The van der Waals surface area contributed by atoms with Gasteiger partial charge in [-0.15, -0.1) is 0 Å². The summed E-state index contributed by atoms with van der Waals surface area (Å²) < 4.78 is 1.01. The third-order valence-corrected chi connectivity index (χ3v) is 4.11. The molecule has 0 unspecified atom stereocenters. The molecule has 2 rings (SSSR count). The van der Waals surface area contributed by atoms with Crippen molar-refractivity contribution < 1.29 is 4.79 Å². The van der Waals surface area contributed by atoms with Gasteiger partial charge in [0.2, 0.25) is 5.91 Å². The number of hydrogen-bond acceptors (Lipinski definition) is 3. The number of halogens is 1. The smallest absolute Gasteiger partial charge is 0.222 e. The zero-order valence-electron chi connectivity index (χ0n) is 12.0. The number of rotatable bonds is 5. The highest BCUT2D eigenvalue weighted by molar-refractivity contribution is 9.10. The first kappa shape index (κ1) is 15.4. The molecule has 0 atom stereocenters. The molecule has 1 saturated heterocycles. The minimum Gasteiger partial charge on any atom is -0.340 e. The van der Waals surface area contributed by atoms with Gasteiger partial charge < -0.3 is 4.90 Å². The molecule has 5 heteroatoms. The number of nitrogens with zero attached hydrogens (tertiary/aromatic N) is 3. The van der Waals surface area contributed by atoms with Crippen molar-refractivity contribution >= 4 is 21.8 Å². The molecule has 0 bridgehead atoms. The van der Waals surface area contributed by atoms with Crippen molar-refractivity contribution in [3.05, 3.63) is 28.5 Å². The van der Waals surface area contributed by atoms with Crippen molar-refractivity contribution in [3.8, 4) is 0 Å². The lowest BCUT2D eigenvalue weighted by atomic mass is 10.2. The van der Waals surface area contributed by atoms with Gasteiger partial charge in [-0.3, -0.25) is 14.7 Å². The van der Waals surface area contributed by atoms with E-state index in [-0.39, 0.29) is 0 Å². The van der Waals surface area contributed by atoms with E-state index in [4.69, 9.17) is 0 Å². The van der Waals surface area contributed by atoms with Crippen LogP contribution in [-0.2, 0) is 11.3 Å². The van der Waals surface area contributed by atoms with E-state index in [1.54, 1.807) is 0 Å². The number of carbonyl (C=O) groups excluding carboxylic acids is 1. The first-order chi connectivity index (χ1) is 9.69. The molecule has 1 aliphatic heterocycles. The Balaban J connectivity index is 1.76. The van der Waals surface area contributed by atoms with Crippen LogP contribution >= 0.6 is 15.9 Å². The first-order valence-corrected chi connectivity index (χ1v) is 8.09. The molecule has 0 radical (unpaired) electrons. The van der Waals surface area contributed by atoms with Crippen molar-refractivity contribution in [2.75, 3.05) is 26.2 Å². The number of piperazine rings is 1. The molecule has 110 valence electrons. The summed E-state index contributed by atoms with van der Waals surface area (Å²) in [5.74, 6) is 0.313. The summed E-state index contributed by atoms with van der Waals surface area (Å²) in [5.41, 5.74) is 1.08. The Morgan fingerprint density at radius 2 is 2.05 bits per heavy atom. The maximum absolute atomic E-state index is 11.9. The van der Waals surface area contributed by atoms with Gasteiger partial charge in [0.05, 0.1) is 5.69 Å². The quantitative estimate of drug-likeness (QED) is 0.827. The average molecular weight is 340 g/mol. The van der Waals surface area contributed by atoms with Gasteiger partial charge in [-0.25, -0.2) is 0 Å². The van der Waals surface area contributed by atoms with E-state index in [9.17, 15) is 4.79 Å². The van der Waals surface area contributed by atoms with Gasteiger partial charge in [0.15, 0.2) is 0 Å².